The Morgan fingerprint density at radius 3 is 2.05 bits per heavy atom. The summed E-state index contributed by atoms with van der Waals surface area (Å²) in [5.41, 5.74) is 10.1. The molecule has 0 spiro atoms. The molecule has 0 amide bonds. The molecule has 2 N–H and O–H groups in total. The van der Waals surface area contributed by atoms with Crippen molar-refractivity contribution in [2.45, 2.75) is 6.54 Å². The van der Waals surface area contributed by atoms with E-state index in [4.69, 9.17) is 5.73 Å². The number of nitrogens with zero attached hydrogens (tertiary/aromatic N) is 2. The monoisotopic (exact) mass is 263 g/mol. The fourth-order valence-corrected chi connectivity index (χ4v) is 2.40. The summed E-state index contributed by atoms with van der Waals surface area (Å²) in [6.45, 7) is 1.37. The highest BCUT2D eigenvalue weighted by molar-refractivity contribution is 5.78. The summed E-state index contributed by atoms with van der Waals surface area (Å²) in [7, 11) is 0. The van der Waals surface area contributed by atoms with Crippen LogP contribution >= 0.6 is 0 Å². The maximum atomic E-state index is 5.71. The largest absolute Gasteiger partial charge is 0.329 e. The molecule has 3 nitrogen and oxygen atoms in total. The van der Waals surface area contributed by atoms with E-state index in [2.05, 4.69) is 33.8 Å². The highest BCUT2D eigenvalue weighted by Gasteiger charge is 2.13. The van der Waals surface area contributed by atoms with E-state index in [1.54, 1.807) is 0 Å². The van der Waals surface area contributed by atoms with Gasteiger partial charge in [-0.15, -0.1) is 0 Å². The van der Waals surface area contributed by atoms with Gasteiger partial charge in [0.15, 0.2) is 0 Å². The molecular weight excluding hydrogens is 246 g/mol. The number of rotatable bonds is 4. The Labute approximate surface area is 118 Å². The number of hydrogen-bond donors (Lipinski definition) is 1. The first kappa shape index (κ1) is 12.6. The van der Waals surface area contributed by atoms with Crippen molar-refractivity contribution in [2.75, 3.05) is 6.54 Å². The lowest BCUT2D eigenvalue weighted by Gasteiger charge is -2.09. The lowest BCUT2D eigenvalue weighted by atomic mass is 10.0. The number of imidazole rings is 1. The van der Waals surface area contributed by atoms with Crippen LogP contribution in [0.25, 0.3) is 22.5 Å². The molecule has 0 fully saturated rings. The second-order valence-electron chi connectivity index (χ2n) is 4.66. The maximum absolute atomic E-state index is 5.71. The average Bonchev–Trinajstić information content (AvgIpc) is 2.93. The third-order valence-electron chi connectivity index (χ3n) is 3.30. The standard InChI is InChI=1S/C17H17N3/c18-11-12-20-13-19-16(14-7-3-1-4-8-14)17(20)15-9-5-2-6-10-15/h1-10,13H,11-12,18H2. The number of aromatic nitrogens is 2. The summed E-state index contributed by atoms with van der Waals surface area (Å²) in [6.07, 6.45) is 1.87. The van der Waals surface area contributed by atoms with Gasteiger partial charge < -0.3 is 10.3 Å². The van der Waals surface area contributed by atoms with Crippen LogP contribution in [0, 0.1) is 0 Å². The van der Waals surface area contributed by atoms with Gasteiger partial charge in [-0.1, -0.05) is 60.7 Å². The number of benzene rings is 2. The first-order valence-corrected chi connectivity index (χ1v) is 6.76. The Hall–Kier alpha value is -2.39. The summed E-state index contributed by atoms with van der Waals surface area (Å²) in [5, 5.41) is 0. The molecule has 0 saturated carbocycles. The highest BCUT2D eigenvalue weighted by atomic mass is 15.1. The quantitative estimate of drug-likeness (QED) is 0.785. The van der Waals surface area contributed by atoms with Gasteiger partial charge in [0.05, 0.1) is 17.7 Å². The molecule has 100 valence electrons. The van der Waals surface area contributed by atoms with E-state index in [1.165, 1.54) is 0 Å². The summed E-state index contributed by atoms with van der Waals surface area (Å²) in [6, 6.07) is 20.6. The van der Waals surface area contributed by atoms with Gasteiger partial charge in [0.25, 0.3) is 0 Å². The molecule has 20 heavy (non-hydrogen) atoms. The molecule has 0 radical (unpaired) electrons. The molecule has 0 saturated heterocycles. The van der Waals surface area contributed by atoms with E-state index < -0.39 is 0 Å². The SMILES string of the molecule is NCCn1cnc(-c2ccccc2)c1-c1ccccc1. The van der Waals surface area contributed by atoms with Crippen LogP contribution < -0.4 is 5.73 Å². The molecule has 0 aliphatic carbocycles. The van der Waals surface area contributed by atoms with Crippen molar-refractivity contribution in [2.24, 2.45) is 5.73 Å². The van der Waals surface area contributed by atoms with Crippen molar-refractivity contribution in [1.29, 1.82) is 0 Å². The van der Waals surface area contributed by atoms with Crippen molar-refractivity contribution in [3.63, 3.8) is 0 Å². The van der Waals surface area contributed by atoms with E-state index in [0.29, 0.717) is 6.54 Å². The number of hydrogen-bond acceptors (Lipinski definition) is 2. The molecule has 2 aromatic carbocycles. The smallest absolute Gasteiger partial charge is 0.0963 e. The predicted octanol–water partition coefficient (Wildman–Crippen LogP) is 3.18. The molecule has 0 unspecified atom stereocenters. The van der Waals surface area contributed by atoms with Gasteiger partial charge in [0.1, 0.15) is 0 Å². The Morgan fingerprint density at radius 2 is 1.45 bits per heavy atom. The normalized spacial score (nSPS) is 10.7. The first-order chi connectivity index (χ1) is 9.90. The second kappa shape index (κ2) is 5.72. The molecular formula is C17H17N3. The minimum Gasteiger partial charge on any atom is -0.329 e. The average molecular weight is 263 g/mol. The lowest BCUT2D eigenvalue weighted by Crippen LogP contribution is -2.10. The third kappa shape index (κ3) is 2.36. The van der Waals surface area contributed by atoms with Crippen molar-refractivity contribution < 1.29 is 0 Å². The molecule has 1 heterocycles. The Morgan fingerprint density at radius 1 is 0.850 bits per heavy atom. The molecule has 3 aromatic rings. The molecule has 0 aliphatic rings. The number of nitrogens with two attached hydrogens (primary N) is 1. The lowest BCUT2D eigenvalue weighted by molar-refractivity contribution is 0.714. The molecule has 0 bridgehead atoms. The molecule has 0 aliphatic heterocycles. The van der Waals surface area contributed by atoms with Crippen LogP contribution in [0.2, 0.25) is 0 Å². The molecule has 1 aromatic heterocycles. The van der Waals surface area contributed by atoms with Crippen LogP contribution in [0.3, 0.4) is 0 Å². The van der Waals surface area contributed by atoms with Crippen LogP contribution in [0.5, 0.6) is 0 Å². The minimum absolute atomic E-state index is 0.602. The van der Waals surface area contributed by atoms with Gasteiger partial charge in [-0.25, -0.2) is 4.98 Å². The zero-order valence-corrected chi connectivity index (χ0v) is 11.2. The van der Waals surface area contributed by atoms with Gasteiger partial charge in [0, 0.05) is 24.2 Å². The zero-order valence-electron chi connectivity index (χ0n) is 11.2. The van der Waals surface area contributed by atoms with Gasteiger partial charge in [-0.05, 0) is 0 Å². The van der Waals surface area contributed by atoms with E-state index in [0.717, 1.165) is 29.1 Å². The maximum Gasteiger partial charge on any atom is 0.0963 e. The fourth-order valence-electron chi connectivity index (χ4n) is 2.40. The van der Waals surface area contributed by atoms with Crippen molar-refractivity contribution in [3.05, 3.63) is 67.0 Å². The Kier molecular flexibility index (Phi) is 3.61. The summed E-state index contributed by atoms with van der Waals surface area (Å²) >= 11 is 0. The predicted molar refractivity (Wildman–Crippen MR) is 82.2 cm³/mol. The Balaban J connectivity index is 2.17. The summed E-state index contributed by atoms with van der Waals surface area (Å²) in [4.78, 5) is 4.59. The van der Waals surface area contributed by atoms with Crippen LogP contribution in [-0.4, -0.2) is 16.1 Å². The molecule has 0 atom stereocenters. The van der Waals surface area contributed by atoms with Gasteiger partial charge in [0.2, 0.25) is 0 Å². The third-order valence-corrected chi connectivity index (χ3v) is 3.30. The summed E-state index contributed by atoms with van der Waals surface area (Å²) in [5.74, 6) is 0. The van der Waals surface area contributed by atoms with E-state index >= 15 is 0 Å². The van der Waals surface area contributed by atoms with Crippen LogP contribution in [0.1, 0.15) is 0 Å². The zero-order chi connectivity index (χ0) is 13.8. The van der Waals surface area contributed by atoms with Crippen LogP contribution in [0.15, 0.2) is 67.0 Å². The minimum atomic E-state index is 0.602. The van der Waals surface area contributed by atoms with E-state index in [1.807, 2.05) is 42.7 Å². The molecule has 3 rings (SSSR count). The second-order valence-corrected chi connectivity index (χ2v) is 4.66. The first-order valence-electron chi connectivity index (χ1n) is 6.76. The van der Waals surface area contributed by atoms with Crippen LogP contribution in [-0.2, 0) is 6.54 Å². The van der Waals surface area contributed by atoms with Gasteiger partial charge in [-0.2, -0.15) is 0 Å². The van der Waals surface area contributed by atoms with Crippen molar-refractivity contribution >= 4 is 0 Å². The Bertz CT molecular complexity index is 672. The van der Waals surface area contributed by atoms with E-state index in [-0.39, 0.29) is 0 Å². The highest BCUT2D eigenvalue weighted by Crippen LogP contribution is 2.30. The van der Waals surface area contributed by atoms with Gasteiger partial charge in [-0.3, -0.25) is 0 Å². The van der Waals surface area contributed by atoms with Crippen LogP contribution in [0.4, 0.5) is 0 Å². The molecule has 3 heteroatoms. The van der Waals surface area contributed by atoms with Crippen molar-refractivity contribution in [1.82, 2.24) is 9.55 Å². The van der Waals surface area contributed by atoms with E-state index in [9.17, 15) is 0 Å². The van der Waals surface area contributed by atoms with Crippen molar-refractivity contribution in [3.8, 4) is 22.5 Å². The van der Waals surface area contributed by atoms with Gasteiger partial charge >= 0.3 is 0 Å². The topological polar surface area (TPSA) is 43.8 Å². The summed E-state index contributed by atoms with van der Waals surface area (Å²) < 4.78 is 2.12. The fraction of sp³-hybridized carbons (Fsp3) is 0.118.